The maximum Gasteiger partial charge on any atom is 0.422 e. The molecule has 2 aromatic rings. The number of amides is 1. The van der Waals surface area contributed by atoms with Crippen molar-refractivity contribution in [3.63, 3.8) is 0 Å². The highest BCUT2D eigenvalue weighted by Crippen LogP contribution is 2.20. The average molecular weight is 327 g/mol. The van der Waals surface area contributed by atoms with Gasteiger partial charge in [0.25, 0.3) is 5.91 Å². The van der Waals surface area contributed by atoms with Crippen molar-refractivity contribution in [1.29, 1.82) is 0 Å². The Labute approximate surface area is 131 Å². The van der Waals surface area contributed by atoms with Crippen molar-refractivity contribution >= 4 is 5.91 Å². The molecule has 0 aliphatic carbocycles. The van der Waals surface area contributed by atoms with Crippen molar-refractivity contribution in [3.05, 3.63) is 47.4 Å². The average Bonchev–Trinajstić information content (AvgIpc) is 2.82. The van der Waals surface area contributed by atoms with E-state index in [0.717, 1.165) is 11.4 Å². The van der Waals surface area contributed by atoms with Crippen LogP contribution >= 0.6 is 0 Å². The first-order valence-electron chi connectivity index (χ1n) is 6.82. The van der Waals surface area contributed by atoms with E-state index >= 15 is 0 Å². The van der Waals surface area contributed by atoms with Crippen molar-refractivity contribution < 1.29 is 22.7 Å². The lowest BCUT2D eigenvalue weighted by atomic mass is 10.2. The van der Waals surface area contributed by atoms with E-state index in [2.05, 4.69) is 15.0 Å². The zero-order valence-corrected chi connectivity index (χ0v) is 12.6. The molecule has 124 valence electrons. The van der Waals surface area contributed by atoms with Crippen LogP contribution in [0.25, 0.3) is 0 Å². The minimum atomic E-state index is -4.49. The van der Waals surface area contributed by atoms with E-state index in [0.29, 0.717) is 0 Å². The molecule has 2 heterocycles. The van der Waals surface area contributed by atoms with E-state index in [-0.39, 0.29) is 18.0 Å². The number of nitrogens with zero attached hydrogens (tertiary/aromatic N) is 2. The Balaban J connectivity index is 2.06. The molecular weight excluding hydrogens is 311 g/mol. The molecule has 23 heavy (non-hydrogen) atoms. The molecule has 0 bridgehead atoms. The van der Waals surface area contributed by atoms with E-state index in [1.165, 1.54) is 18.3 Å². The van der Waals surface area contributed by atoms with Gasteiger partial charge in [-0.25, -0.2) is 4.98 Å². The van der Waals surface area contributed by atoms with Gasteiger partial charge in [-0.3, -0.25) is 4.79 Å². The zero-order valence-electron chi connectivity index (χ0n) is 12.6. The van der Waals surface area contributed by atoms with E-state index in [4.69, 9.17) is 0 Å². The quantitative estimate of drug-likeness (QED) is 0.918. The Kier molecular flexibility index (Phi) is 4.92. The van der Waals surface area contributed by atoms with Gasteiger partial charge in [0, 0.05) is 24.6 Å². The summed E-state index contributed by atoms with van der Waals surface area (Å²) >= 11 is 0. The summed E-state index contributed by atoms with van der Waals surface area (Å²) in [5, 5.41) is 2.65. The maximum absolute atomic E-state index is 12.2. The van der Waals surface area contributed by atoms with Gasteiger partial charge in [0.2, 0.25) is 5.88 Å². The van der Waals surface area contributed by atoms with Gasteiger partial charge in [0.15, 0.2) is 6.61 Å². The van der Waals surface area contributed by atoms with Crippen LogP contribution in [0.15, 0.2) is 30.5 Å². The lowest BCUT2D eigenvalue weighted by molar-refractivity contribution is -0.154. The van der Waals surface area contributed by atoms with Gasteiger partial charge in [-0.2, -0.15) is 13.2 Å². The first-order chi connectivity index (χ1) is 10.8. The SMILES string of the molecule is Cc1ccc(CNC(=O)c2cccnc2OCC(F)(F)F)n1C. The van der Waals surface area contributed by atoms with Crippen molar-refractivity contribution in [2.45, 2.75) is 19.6 Å². The number of hydrogen-bond donors (Lipinski definition) is 1. The smallest absolute Gasteiger partial charge is 0.422 e. The van der Waals surface area contributed by atoms with E-state index in [1.54, 1.807) is 0 Å². The molecule has 0 spiro atoms. The molecule has 8 heteroatoms. The summed E-state index contributed by atoms with van der Waals surface area (Å²) in [4.78, 5) is 15.9. The van der Waals surface area contributed by atoms with Crippen molar-refractivity contribution in [1.82, 2.24) is 14.9 Å². The second-order valence-electron chi connectivity index (χ2n) is 4.97. The van der Waals surface area contributed by atoms with Crippen molar-refractivity contribution in [2.24, 2.45) is 7.05 Å². The van der Waals surface area contributed by atoms with Gasteiger partial charge < -0.3 is 14.6 Å². The molecule has 0 saturated heterocycles. The van der Waals surface area contributed by atoms with Crippen LogP contribution in [-0.2, 0) is 13.6 Å². The number of carbonyl (C=O) groups is 1. The molecule has 0 unspecified atom stereocenters. The summed E-state index contributed by atoms with van der Waals surface area (Å²) in [6.45, 7) is 0.674. The minimum absolute atomic E-state index is 0.0392. The molecule has 1 N–H and O–H groups in total. The molecule has 2 rings (SSSR count). The summed E-state index contributed by atoms with van der Waals surface area (Å²) < 4.78 is 43.2. The minimum Gasteiger partial charge on any atom is -0.467 e. The van der Waals surface area contributed by atoms with Crippen LogP contribution in [0.4, 0.5) is 13.2 Å². The number of ether oxygens (including phenoxy) is 1. The van der Waals surface area contributed by atoms with Gasteiger partial charge in [-0.15, -0.1) is 0 Å². The Morgan fingerprint density at radius 1 is 1.35 bits per heavy atom. The lowest BCUT2D eigenvalue weighted by Gasteiger charge is -2.12. The number of pyridine rings is 1. The molecule has 0 atom stereocenters. The number of aromatic nitrogens is 2. The molecule has 2 aromatic heterocycles. The summed E-state index contributed by atoms with van der Waals surface area (Å²) in [5.74, 6) is -0.889. The highest BCUT2D eigenvalue weighted by atomic mass is 19.4. The predicted molar refractivity (Wildman–Crippen MR) is 77.1 cm³/mol. The normalized spacial score (nSPS) is 11.3. The third kappa shape index (κ3) is 4.48. The van der Waals surface area contributed by atoms with Crippen LogP contribution in [0.2, 0.25) is 0 Å². The number of halogens is 3. The third-order valence-corrected chi connectivity index (χ3v) is 3.30. The molecule has 0 saturated carbocycles. The van der Waals surface area contributed by atoms with Gasteiger partial charge in [0.1, 0.15) is 5.56 Å². The van der Waals surface area contributed by atoms with Crippen LogP contribution in [-0.4, -0.2) is 28.2 Å². The largest absolute Gasteiger partial charge is 0.467 e. The monoisotopic (exact) mass is 327 g/mol. The summed E-state index contributed by atoms with van der Waals surface area (Å²) in [5.41, 5.74) is 1.87. The van der Waals surface area contributed by atoms with E-state index in [9.17, 15) is 18.0 Å². The van der Waals surface area contributed by atoms with E-state index in [1.807, 2.05) is 30.7 Å². The molecule has 0 fully saturated rings. The zero-order chi connectivity index (χ0) is 17.0. The van der Waals surface area contributed by atoms with Gasteiger partial charge in [-0.05, 0) is 31.2 Å². The second kappa shape index (κ2) is 6.72. The number of hydrogen-bond acceptors (Lipinski definition) is 3. The van der Waals surface area contributed by atoms with Gasteiger partial charge in [0.05, 0.1) is 6.54 Å². The standard InChI is InChI=1S/C15H16F3N3O2/c1-10-5-6-11(21(10)2)8-20-13(22)12-4-3-7-19-14(12)23-9-15(16,17)18/h3-7H,8-9H2,1-2H3,(H,20,22). The molecule has 0 aromatic carbocycles. The number of alkyl halides is 3. The van der Waals surface area contributed by atoms with E-state index < -0.39 is 18.7 Å². The van der Waals surface area contributed by atoms with Crippen LogP contribution in [0.3, 0.4) is 0 Å². The summed E-state index contributed by atoms with van der Waals surface area (Å²) in [6.07, 6.45) is -3.23. The lowest BCUT2D eigenvalue weighted by Crippen LogP contribution is -2.26. The Bertz CT molecular complexity index is 696. The molecule has 0 aliphatic heterocycles. The molecule has 1 amide bonds. The van der Waals surface area contributed by atoms with Crippen LogP contribution < -0.4 is 10.1 Å². The molecule has 0 radical (unpaired) electrons. The fourth-order valence-corrected chi connectivity index (χ4v) is 1.94. The first-order valence-corrected chi connectivity index (χ1v) is 6.82. The highest BCUT2D eigenvalue weighted by molar-refractivity contribution is 5.96. The number of aryl methyl sites for hydroxylation is 1. The molecule has 5 nitrogen and oxygen atoms in total. The topological polar surface area (TPSA) is 56.1 Å². The molecule has 0 aliphatic rings. The van der Waals surface area contributed by atoms with Crippen LogP contribution in [0.5, 0.6) is 5.88 Å². The van der Waals surface area contributed by atoms with Gasteiger partial charge >= 0.3 is 6.18 Å². The van der Waals surface area contributed by atoms with Crippen LogP contribution in [0, 0.1) is 6.92 Å². The summed E-state index contributed by atoms with van der Waals surface area (Å²) in [6, 6.07) is 6.59. The van der Waals surface area contributed by atoms with Gasteiger partial charge in [-0.1, -0.05) is 0 Å². The fraction of sp³-hybridized carbons (Fsp3) is 0.333. The predicted octanol–water partition coefficient (Wildman–Crippen LogP) is 2.60. The number of carbonyl (C=O) groups excluding carboxylic acids is 1. The van der Waals surface area contributed by atoms with Crippen molar-refractivity contribution in [2.75, 3.05) is 6.61 Å². The second-order valence-corrected chi connectivity index (χ2v) is 4.97. The first kappa shape index (κ1) is 16.9. The number of rotatable bonds is 5. The Hall–Kier alpha value is -2.51. The Morgan fingerprint density at radius 2 is 2.09 bits per heavy atom. The fourth-order valence-electron chi connectivity index (χ4n) is 1.94. The highest BCUT2D eigenvalue weighted by Gasteiger charge is 2.29. The summed E-state index contributed by atoms with van der Waals surface area (Å²) in [7, 11) is 1.86. The number of nitrogens with one attached hydrogen (secondary N) is 1. The maximum atomic E-state index is 12.2. The van der Waals surface area contributed by atoms with Crippen LogP contribution in [0.1, 0.15) is 21.7 Å². The van der Waals surface area contributed by atoms with Crippen molar-refractivity contribution in [3.8, 4) is 5.88 Å². The Morgan fingerprint density at radius 3 is 2.70 bits per heavy atom. The molecular formula is C15H16F3N3O2. The third-order valence-electron chi connectivity index (χ3n) is 3.30.